The van der Waals surface area contributed by atoms with Gasteiger partial charge in [0, 0.05) is 52.4 Å². The molecule has 0 heterocycles. The van der Waals surface area contributed by atoms with E-state index in [-0.39, 0.29) is 29.9 Å². The highest BCUT2D eigenvalue weighted by molar-refractivity contribution is 14.0. The highest BCUT2D eigenvalue weighted by Crippen LogP contribution is 2.25. The molecule has 0 atom stereocenters. The third kappa shape index (κ3) is 8.04. The average molecular weight is 487 g/mol. The summed E-state index contributed by atoms with van der Waals surface area (Å²) in [6.45, 7) is 6.06. The van der Waals surface area contributed by atoms with Gasteiger partial charge in [-0.2, -0.15) is 0 Å². The lowest BCUT2D eigenvalue weighted by Crippen LogP contribution is -2.42. The predicted octanol–water partition coefficient (Wildman–Crippen LogP) is 2.20. The van der Waals surface area contributed by atoms with Crippen molar-refractivity contribution in [2.24, 2.45) is 4.99 Å². The summed E-state index contributed by atoms with van der Waals surface area (Å²) in [6.07, 6.45) is 3.53. The summed E-state index contributed by atoms with van der Waals surface area (Å²) in [5.74, 6) is 0.866. The molecular weight excluding hydrogens is 453 g/mol. The second-order valence-electron chi connectivity index (χ2n) is 6.94. The number of carbonyl (C=O) groups is 1. The Balaban J connectivity index is 0.00000364. The lowest BCUT2D eigenvalue weighted by Gasteiger charge is -2.20. The fourth-order valence-corrected chi connectivity index (χ4v) is 3.02. The fraction of sp³-hybridized carbons (Fsp3) is 0.600. The van der Waals surface area contributed by atoms with Crippen LogP contribution in [0.2, 0.25) is 0 Å². The third-order valence-electron chi connectivity index (χ3n) is 4.67. The number of carbonyl (C=O) groups excluding carboxylic acids is 1. The van der Waals surface area contributed by atoms with Crippen LogP contribution >= 0.6 is 24.0 Å². The van der Waals surface area contributed by atoms with Crippen LogP contribution in [0.1, 0.15) is 35.7 Å². The summed E-state index contributed by atoms with van der Waals surface area (Å²) in [5.41, 5.74) is 1.88. The number of aliphatic imine (C=N–C) groups is 1. The first-order valence-electron chi connectivity index (χ1n) is 9.54. The maximum atomic E-state index is 12.1. The van der Waals surface area contributed by atoms with Gasteiger partial charge < -0.3 is 15.5 Å². The van der Waals surface area contributed by atoms with E-state index in [4.69, 9.17) is 0 Å². The van der Waals surface area contributed by atoms with E-state index in [0.717, 1.165) is 55.7 Å². The molecule has 27 heavy (non-hydrogen) atoms. The first-order chi connectivity index (χ1) is 12.5. The molecule has 1 fully saturated rings. The largest absolute Gasteiger partial charge is 0.356 e. The van der Waals surface area contributed by atoms with E-state index < -0.39 is 0 Å². The zero-order valence-corrected chi connectivity index (χ0v) is 19.3. The van der Waals surface area contributed by atoms with E-state index in [9.17, 15) is 4.79 Å². The molecule has 0 spiro atoms. The zero-order chi connectivity index (χ0) is 18.9. The number of benzene rings is 1. The first-order valence-corrected chi connectivity index (χ1v) is 9.54. The van der Waals surface area contributed by atoms with Crippen LogP contribution in [0.15, 0.2) is 29.3 Å². The Morgan fingerprint density at radius 1 is 1.22 bits per heavy atom. The smallest absolute Gasteiger partial charge is 0.253 e. The van der Waals surface area contributed by atoms with Gasteiger partial charge in [0.05, 0.1) is 0 Å². The topological polar surface area (TPSA) is 60.0 Å². The molecule has 0 aromatic heterocycles. The molecule has 152 valence electrons. The lowest BCUT2D eigenvalue weighted by molar-refractivity contribution is 0.0827. The molecule has 1 aromatic rings. The van der Waals surface area contributed by atoms with Crippen molar-refractivity contribution in [2.45, 2.75) is 32.2 Å². The van der Waals surface area contributed by atoms with Crippen molar-refractivity contribution in [3.05, 3.63) is 35.4 Å². The van der Waals surface area contributed by atoms with Crippen molar-refractivity contribution < 1.29 is 4.79 Å². The molecule has 7 heteroatoms. The van der Waals surface area contributed by atoms with E-state index >= 15 is 0 Å². The quantitative estimate of drug-likeness (QED) is 0.319. The summed E-state index contributed by atoms with van der Waals surface area (Å²) < 4.78 is 0. The first kappa shape index (κ1) is 23.7. The molecule has 1 aromatic carbocycles. The highest BCUT2D eigenvalue weighted by Gasteiger charge is 2.27. The van der Waals surface area contributed by atoms with Crippen molar-refractivity contribution in [1.29, 1.82) is 0 Å². The number of halogens is 1. The Kier molecular flexibility index (Phi) is 10.7. The van der Waals surface area contributed by atoms with Crippen molar-refractivity contribution in [3.63, 3.8) is 0 Å². The van der Waals surface area contributed by atoms with Gasteiger partial charge in [-0.1, -0.05) is 19.1 Å². The molecule has 2 N–H and O–H groups in total. The van der Waals surface area contributed by atoms with Crippen LogP contribution in [0.5, 0.6) is 0 Å². The van der Waals surface area contributed by atoms with Gasteiger partial charge in [-0.15, -0.1) is 24.0 Å². The van der Waals surface area contributed by atoms with Gasteiger partial charge in [-0.05, 0) is 43.5 Å². The van der Waals surface area contributed by atoms with Gasteiger partial charge in [0.15, 0.2) is 5.96 Å². The van der Waals surface area contributed by atoms with Gasteiger partial charge in [0.1, 0.15) is 0 Å². The number of amides is 1. The van der Waals surface area contributed by atoms with E-state index in [2.05, 4.69) is 33.5 Å². The minimum absolute atomic E-state index is 0. The van der Waals surface area contributed by atoms with Crippen LogP contribution < -0.4 is 10.6 Å². The molecule has 1 aliphatic rings. The summed E-state index contributed by atoms with van der Waals surface area (Å²) in [4.78, 5) is 20.5. The van der Waals surface area contributed by atoms with Crippen LogP contribution in [0.25, 0.3) is 0 Å². The molecule has 0 aliphatic heterocycles. The van der Waals surface area contributed by atoms with E-state index in [1.54, 1.807) is 26.0 Å². The Bertz CT molecular complexity index is 616. The Morgan fingerprint density at radius 2 is 1.93 bits per heavy atom. The molecule has 2 rings (SSSR count). The number of rotatable bonds is 9. The molecule has 1 aliphatic carbocycles. The average Bonchev–Trinajstić information content (AvgIpc) is 3.48. The lowest BCUT2D eigenvalue weighted by atomic mass is 10.1. The molecule has 6 nitrogen and oxygen atoms in total. The monoisotopic (exact) mass is 487 g/mol. The van der Waals surface area contributed by atoms with Gasteiger partial charge >= 0.3 is 0 Å². The second kappa shape index (κ2) is 12.2. The van der Waals surface area contributed by atoms with Crippen LogP contribution in [0, 0.1) is 0 Å². The number of likely N-dealkylation sites (N-methyl/N-ethyl adjacent to an activating group) is 1. The highest BCUT2D eigenvalue weighted by atomic mass is 127. The molecular formula is C20H34IN5O. The summed E-state index contributed by atoms with van der Waals surface area (Å²) in [6, 6.07) is 8.62. The molecule has 0 saturated heterocycles. The van der Waals surface area contributed by atoms with E-state index in [0.29, 0.717) is 0 Å². The summed E-state index contributed by atoms with van der Waals surface area (Å²) in [7, 11) is 5.34. The summed E-state index contributed by atoms with van der Waals surface area (Å²) in [5, 5.41) is 6.74. The third-order valence-corrected chi connectivity index (χ3v) is 4.67. The minimum atomic E-state index is 0. The zero-order valence-electron chi connectivity index (χ0n) is 17.0. The fourth-order valence-electron chi connectivity index (χ4n) is 3.02. The Hall–Kier alpha value is -1.35. The number of nitrogens with one attached hydrogen (secondary N) is 2. The SMILES string of the molecule is CCN(CCNC(=NC)NCCc1cccc(C(=O)N(C)C)c1)C1CC1.I. The van der Waals surface area contributed by atoms with E-state index in [1.165, 1.54) is 12.8 Å². The maximum absolute atomic E-state index is 12.1. The minimum Gasteiger partial charge on any atom is -0.356 e. The number of hydrogen-bond donors (Lipinski definition) is 2. The molecule has 0 unspecified atom stereocenters. The number of guanidine groups is 1. The number of nitrogens with zero attached hydrogens (tertiary/aromatic N) is 3. The van der Waals surface area contributed by atoms with Crippen molar-refractivity contribution in [3.8, 4) is 0 Å². The molecule has 0 radical (unpaired) electrons. The Labute approximate surface area is 180 Å². The standard InChI is InChI=1S/C20H33N5O.HI/c1-5-25(18-9-10-18)14-13-23-20(21-2)22-12-11-16-7-6-8-17(15-16)19(26)24(3)4;/h6-8,15,18H,5,9-14H2,1-4H3,(H2,21,22,23);1H. The van der Waals surface area contributed by atoms with Gasteiger partial charge in [0.25, 0.3) is 5.91 Å². The predicted molar refractivity (Wildman–Crippen MR) is 123 cm³/mol. The normalized spacial score (nSPS) is 13.9. The van der Waals surface area contributed by atoms with Crippen molar-refractivity contribution in [2.75, 3.05) is 47.3 Å². The van der Waals surface area contributed by atoms with Crippen LogP contribution in [-0.4, -0.2) is 75.0 Å². The van der Waals surface area contributed by atoms with Gasteiger partial charge in [-0.25, -0.2) is 0 Å². The van der Waals surface area contributed by atoms with Crippen LogP contribution in [0.4, 0.5) is 0 Å². The van der Waals surface area contributed by atoms with Crippen molar-refractivity contribution >= 4 is 35.8 Å². The Morgan fingerprint density at radius 3 is 2.52 bits per heavy atom. The van der Waals surface area contributed by atoms with Crippen LogP contribution in [-0.2, 0) is 6.42 Å². The van der Waals surface area contributed by atoms with Crippen LogP contribution in [0.3, 0.4) is 0 Å². The number of hydrogen-bond acceptors (Lipinski definition) is 3. The van der Waals surface area contributed by atoms with Gasteiger partial charge in [0.2, 0.25) is 0 Å². The van der Waals surface area contributed by atoms with Gasteiger partial charge in [-0.3, -0.25) is 14.7 Å². The molecule has 1 saturated carbocycles. The molecule has 1 amide bonds. The second-order valence-corrected chi connectivity index (χ2v) is 6.94. The van der Waals surface area contributed by atoms with E-state index in [1.807, 2.05) is 18.2 Å². The maximum Gasteiger partial charge on any atom is 0.253 e. The summed E-state index contributed by atoms with van der Waals surface area (Å²) >= 11 is 0. The molecule has 0 bridgehead atoms. The van der Waals surface area contributed by atoms with Crippen molar-refractivity contribution in [1.82, 2.24) is 20.4 Å².